The number of nitriles is 1. The third-order valence-corrected chi connectivity index (χ3v) is 3.11. The molecule has 2 N–H and O–H groups in total. The number of nitrogens with one attached hydrogen (secondary N) is 1. The van der Waals surface area contributed by atoms with Gasteiger partial charge in [-0.15, -0.1) is 0 Å². The van der Waals surface area contributed by atoms with Gasteiger partial charge < -0.3 is 10.4 Å². The second kappa shape index (κ2) is 8.20. The molecule has 2 aromatic carbocycles. The Bertz CT molecular complexity index is 754. The summed E-state index contributed by atoms with van der Waals surface area (Å²) in [5.74, 6) is -0.220. The van der Waals surface area contributed by atoms with Crippen molar-refractivity contribution in [2.75, 3.05) is 0 Å². The number of nitrogens with zero attached hydrogens (tertiary/aromatic N) is 1. The van der Waals surface area contributed by atoms with Gasteiger partial charge in [0.05, 0.1) is 0 Å². The highest BCUT2D eigenvalue weighted by Gasteiger charge is 2.06. The van der Waals surface area contributed by atoms with Crippen molar-refractivity contribution in [3.63, 3.8) is 0 Å². The average Bonchev–Trinajstić information content (AvgIpc) is 2.59. The van der Waals surface area contributed by atoms with Gasteiger partial charge in [0.25, 0.3) is 5.91 Å². The van der Waals surface area contributed by atoms with Gasteiger partial charge in [0.2, 0.25) is 0 Å². The zero-order valence-corrected chi connectivity index (χ0v) is 12.4. The first kappa shape index (κ1) is 16.1. The second-order valence-corrected chi connectivity index (χ2v) is 4.81. The predicted octanol–water partition coefficient (Wildman–Crippen LogP) is 3.17. The third kappa shape index (κ3) is 5.18. The van der Waals surface area contributed by atoms with Crippen molar-refractivity contribution >= 4 is 12.0 Å². The van der Waals surface area contributed by atoms with Crippen LogP contribution < -0.4 is 5.32 Å². The molecule has 0 aliphatic rings. The number of allylic oxidation sites excluding steroid dienone is 2. The van der Waals surface area contributed by atoms with Crippen molar-refractivity contribution < 1.29 is 9.90 Å². The van der Waals surface area contributed by atoms with Crippen LogP contribution in [-0.2, 0) is 11.3 Å². The van der Waals surface area contributed by atoms with Gasteiger partial charge in [-0.25, -0.2) is 0 Å². The highest BCUT2D eigenvalue weighted by molar-refractivity contribution is 5.97. The molecule has 2 rings (SSSR count). The number of phenolic OH excluding ortho intramolecular Hbond substituents is 1. The average molecular weight is 304 g/mol. The summed E-state index contributed by atoms with van der Waals surface area (Å²) >= 11 is 0. The van der Waals surface area contributed by atoms with Crippen LogP contribution in [0.1, 0.15) is 11.1 Å². The summed E-state index contributed by atoms with van der Waals surface area (Å²) in [6, 6.07) is 18.0. The monoisotopic (exact) mass is 304 g/mol. The summed E-state index contributed by atoms with van der Waals surface area (Å²) < 4.78 is 0. The molecular weight excluding hydrogens is 288 g/mol. The Morgan fingerprint density at radius 1 is 1.13 bits per heavy atom. The molecule has 23 heavy (non-hydrogen) atoms. The molecular formula is C19H16N2O2. The maximum absolute atomic E-state index is 12.0. The van der Waals surface area contributed by atoms with Crippen molar-refractivity contribution in [2.45, 2.75) is 6.54 Å². The molecule has 1 amide bonds. The quantitative estimate of drug-likeness (QED) is 0.506. The van der Waals surface area contributed by atoms with Gasteiger partial charge in [0, 0.05) is 6.54 Å². The SMILES string of the molecule is N#CC(=CC=Cc1ccc(O)cc1)C(=O)NCc1ccccc1. The van der Waals surface area contributed by atoms with Crippen LogP contribution in [-0.4, -0.2) is 11.0 Å². The Balaban J connectivity index is 1.96. The van der Waals surface area contributed by atoms with Gasteiger partial charge in [-0.1, -0.05) is 54.6 Å². The largest absolute Gasteiger partial charge is 0.508 e. The number of hydrogen-bond acceptors (Lipinski definition) is 3. The molecule has 0 aliphatic heterocycles. The number of hydrogen-bond donors (Lipinski definition) is 2. The lowest BCUT2D eigenvalue weighted by Crippen LogP contribution is -2.23. The van der Waals surface area contributed by atoms with E-state index in [4.69, 9.17) is 5.26 Å². The minimum absolute atomic E-state index is 0.0379. The minimum atomic E-state index is -0.410. The molecule has 2 aromatic rings. The smallest absolute Gasteiger partial charge is 0.262 e. The van der Waals surface area contributed by atoms with E-state index in [1.165, 1.54) is 6.08 Å². The predicted molar refractivity (Wildman–Crippen MR) is 89.1 cm³/mol. The Morgan fingerprint density at radius 3 is 2.48 bits per heavy atom. The first-order chi connectivity index (χ1) is 11.2. The van der Waals surface area contributed by atoms with E-state index >= 15 is 0 Å². The Hall–Kier alpha value is -3.32. The maximum atomic E-state index is 12.0. The summed E-state index contributed by atoms with van der Waals surface area (Å²) in [5, 5.41) is 21.0. The molecule has 0 radical (unpaired) electrons. The number of carbonyl (C=O) groups excluding carboxylic acids is 1. The number of carbonyl (C=O) groups is 1. The van der Waals surface area contributed by atoms with E-state index in [1.54, 1.807) is 36.4 Å². The molecule has 4 heteroatoms. The van der Waals surface area contributed by atoms with Crippen molar-refractivity contribution in [3.05, 3.63) is 83.4 Å². The van der Waals surface area contributed by atoms with Crippen LogP contribution in [0.25, 0.3) is 6.08 Å². The molecule has 0 aromatic heterocycles. The molecule has 0 fully saturated rings. The number of amides is 1. The maximum Gasteiger partial charge on any atom is 0.262 e. The number of aromatic hydroxyl groups is 1. The Labute approximate surface area is 135 Å². The topological polar surface area (TPSA) is 73.1 Å². The van der Waals surface area contributed by atoms with Crippen molar-refractivity contribution in [1.29, 1.82) is 5.26 Å². The van der Waals surface area contributed by atoms with E-state index in [9.17, 15) is 9.90 Å². The fourth-order valence-electron chi connectivity index (χ4n) is 1.88. The third-order valence-electron chi connectivity index (χ3n) is 3.11. The lowest BCUT2D eigenvalue weighted by Gasteiger charge is -2.03. The number of rotatable bonds is 5. The summed E-state index contributed by atoms with van der Waals surface area (Å²) in [6.45, 7) is 0.375. The highest BCUT2D eigenvalue weighted by Crippen LogP contribution is 2.11. The molecule has 0 heterocycles. The Kier molecular flexibility index (Phi) is 5.73. The molecule has 0 saturated heterocycles. The van der Waals surface area contributed by atoms with Gasteiger partial charge in [-0.2, -0.15) is 5.26 Å². The molecule has 0 saturated carbocycles. The zero-order valence-electron chi connectivity index (χ0n) is 12.4. The van der Waals surface area contributed by atoms with Crippen LogP contribution in [0.3, 0.4) is 0 Å². The molecule has 4 nitrogen and oxygen atoms in total. The van der Waals surface area contributed by atoms with Crippen LogP contribution >= 0.6 is 0 Å². The summed E-state index contributed by atoms with van der Waals surface area (Å²) in [5.41, 5.74) is 1.87. The molecule has 0 unspecified atom stereocenters. The van der Waals surface area contributed by atoms with E-state index in [0.29, 0.717) is 6.54 Å². The fraction of sp³-hybridized carbons (Fsp3) is 0.0526. The van der Waals surface area contributed by atoms with Gasteiger partial charge in [-0.3, -0.25) is 4.79 Å². The van der Waals surface area contributed by atoms with E-state index in [0.717, 1.165) is 11.1 Å². The first-order valence-electron chi connectivity index (χ1n) is 7.08. The van der Waals surface area contributed by atoms with Crippen LogP contribution in [0.5, 0.6) is 5.75 Å². The normalized spacial score (nSPS) is 11.2. The second-order valence-electron chi connectivity index (χ2n) is 4.81. The highest BCUT2D eigenvalue weighted by atomic mass is 16.3. The molecule has 0 aliphatic carbocycles. The number of phenols is 1. The Morgan fingerprint density at radius 2 is 1.83 bits per heavy atom. The summed E-state index contributed by atoms with van der Waals surface area (Å²) in [7, 11) is 0. The van der Waals surface area contributed by atoms with E-state index in [2.05, 4.69) is 5.32 Å². The first-order valence-corrected chi connectivity index (χ1v) is 7.08. The molecule has 114 valence electrons. The van der Waals surface area contributed by atoms with Gasteiger partial charge in [0.15, 0.2) is 0 Å². The van der Waals surface area contributed by atoms with Gasteiger partial charge >= 0.3 is 0 Å². The van der Waals surface area contributed by atoms with E-state index < -0.39 is 5.91 Å². The lowest BCUT2D eigenvalue weighted by molar-refractivity contribution is -0.117. The molecule has 0 spiro atoms. The van der Waals surface area contributed by atoms with E-state index in [-0.39, 0.29) is 11.3 Å². The van der Waals surface area contributed by atoms with Crippen molar-refractivity contribution in [1.82, 2.24) is 5.32 Å². The van der Waals surface area contributed by atoms with Crippen LogP contribution in [0.2, 0.25) is 0 Å². The van der Waals surface area contributed by atoms with Crippen molar-refractivity contribution in [2.24, 2.45) is 0 Å². The standard InChI is InChI=1S/C19H16N2O2/c20-13-17(8-4-7-15-9-11-18(22)12-10-15)19(23)21-14-16-5-2-1-3-6-16/h1-12,22H,14H2,(H,21,23). The minimum Gasteiger partial charge on any atom is -0.508 e. The zero-order chi connectivity index (χ0) is 16.5. The van der Waals surface area contributed by atoms with Crippen LogP contribution in [0, 0.1) is 11.3 Å². The number of benzene rings is 2. The summed E-state index contributed by atoms with van der Waals surface area (Å²) in [6.07, 6.45) is 4.85. The molecule has 0 bridgehead atoms. The van der Waals surface area contributed by atoms with Crippen molar-refractivity contribution in [3.8, 4) is 11.8 Å². The summed E-state index contributed by atoms with van der Waals surface area (Å²) in [4.78, 5) is 12.0. The van der Waals surface area contributed by atoms with Crippen LogP contribution in [0.15, 0.2) is 72.3 Å². The van der Waals surface area contributed by atoms with Gasteiger partial charge in [0.1, 0.15) is 17.4 Å². The fourth-order valence-corrected chi connectivity index (χ4v) is 1.88. The molecule has 0 atom stereocenters. The van der Waals surface area contributed by atoms with Gasteiger partial charge in [-0.05, 0) is 29.3 Å². The van der Waals surface area contributed by atoms with E-state index in [1.807, 2.05) is 36.4 Å². The lowest BCUT2D eigenvalue weighted by atomic mass is 10.1. The van der Waals surface area contributed by atoms with Crippen LogP contribution in [0.4, 0.5) is 0 Å².